The van der Waals surface area contributed by atoms with Crippen molar-refractivity contribution >= 4 is 5.97 Å². The first-order chi connectivity index (χ1) is 6.97. The van der Waals surface area contributed by atoms with E-state index in [1.165, 1.54) is 0 Å². The standard InChI is InChI=1S/C11H24N2O2/c1-5-10(9-11(14)15)13(4)8-6-7-12(2)3/h10H,5-9H2,1-4H3,(H,14,15). The van der Waals surface area contributed by atoms with Gasteiger partial charge in [-0.05, 0) is 47.1 Å². The fourth-order valence-corrected chi connectivity index (χ4v) is 1.63. The number of carbonyl (C=O) groups is 1. The first-order valence-corrected chi connectivity index (χ1v) is 5.54. The monoisotopic (exact) mass is 216 g/mol. The average molecular weight is 216 g/mol. The molecule has 0 saturated carbocycles. The lowest BCUT2D eigenvalue weighted by atomic mass is 10.1. The maximum atomic E-state index is 10.6. The van der Waals surface area contributed by atoms with Gasteiger partial charge in [-0.15, -0.1) is 0 Å². The van der Waals surface area contributed by atoms with Crippen LogP contribution in [0.25, 0.3) is 0 Å². The topological polar surface area (TPSA) is 43.8 Å². The number of rotatable bonds is 8. The van der Waals surface area contributed by atoms with Crippen molar-refractivity contribution in [3.8, 4) is 0 Å². The van der Waals surface area contributed by atoms with Crippen LogP contribution in [0.5, 0.6) is 0 Å². The van der Waals surface area contributed by atoms with Crippen LogP contribution in [0.1, 0.15) is 26.2 Å². The van der Waals surface area contributed by atoms with Gasteiger partial charge in [-0.1, -0.05) is 6.92 Å². The normalized spacial score (nSPS) is 13.5. The highest BCUT2D eigenvalue weighted by atomic mass is 16.4. The summed E-state index contributed by atoms with van der Waals surface area (Å²) in [5.74, 6) is -0.707. The third-order valence-corrected chi connectivity index (χ3v) is 2.62. The number of hydrogen-bond donors (Lipinski definition) is 1. The van der Waals surface area contributed by atoms with Crippen LogP contribution in [0.2, 0.25) is 0 Å². The molecule has 0 fully saturated rings. The van der Waals surface area contributed by atoms with Crippen molar-refractivity contribution in [1.82, 2.24) is 9.80 Å². The smallest absolute Gasteiger partial charge is 0.304 e. The Morgan fingerprint density at radius 2 is 1.87 bits per heavy atom. The van der Waals surface area contributed by atoms with Gasteiger partial charge in [0.1, 0.15) is 0 Å². The van der Waals surface area contributed by atoms with E-state index in [0.717, 1.165) is 25.9 Å². The van der Waals surface area contributed by atoms with Gasteiger partial charge in [0.25, 0.3) is 0 Å². The zero-order valence-electron chi connectivity index (χ0n) is 10.4. The maximum absolute atomic E-state index is 10.6. The predicted molar refractivity (Wildman–Crippen MR) is 62.1 cm³/mol. The molecule has 0 bridgehead atoms. The molecule has 0 rings (SSSR count). The Hall–Kier alpha value is -0.610. The van der Waals surface area contributed by atoms with Crippen molar-refractivity contribution in [2.24, 2.45) is 0 Å². The van der Waals surface area contributed by atoms with E-state index >= 15 is 0 Å². The first kappa shape index (κ1) is 14.4. The quantitative estimate of drug-likeness (QED) is 0.660. The highest BCUT2D eigenvalue weighted by Gasteiger charge is 2.15. The minimum atomic E-state index is -0.707. The molecule has 0 spiro atoms. The molecule has 0 radical (unpaired) electrons. The summed E-state index contributed by atoms with van der Waals surface area (Å²) in [7, 11) is 6.11. The fourth-order valence-electron chi connectivity index (χ4n) is 1.63. The van der Waals surface area contributed by atoms with Gasteiger partial charge >= 0.3 is 5.97 Å². The van der Waals surface area contributed by atoms with E-state index < -0.39 is 5.97 Å². The van der Waals surface area contributed by atoms with E-state index in [0.29, 0.717) is 0 Å². The van der Waals surface area contributed by atoms with Crippen LogP contribution in [-0.2, 0) is 4.79 Å². The molecule has 0 aliphatic carbocycles. The van der Waals surface area contributed by atoms with E-state index in [2.05, 4.69) is 23.9 Å². The summed E-state index contributed by atoms with van der Waals surface area (Å²) in [5, 5.41) is 8.74. The molecule has 90 valence electrons. The van der Waals surface area contributed by atoms with Gasteiger partial charge in [0.2, 0.25) is 0 Å². The molecule has 0 aromatic heterocycles. The van der Waals surface area contributed by atoms with Crippen LogP contribution in [0.4, 0.5) is 0 Å². The predicted octanol–water partition coefficient (Wildman–Crippen LogP) is 1.12. The molecular weight excluding hydrogens is 192 g/mol. The maximum Gasteiger partial charge on any atom is 0.304 e. The molecule has 0 aliphatic heterocycles. The first-order valence-electron chi connectivity index (χ1n) is 5.54. The SMILES string of the molecule is CCC(CC(=O)O)N(C)CCCN(C)C. The van der Waals surface area contributed by atoms with E-state index in [1.807, 2.05) is 14.0 Å². The summed E-state index contributed by atoms with van der Waals surface area (Å²) >= 11 is 0. The number of aliphatic carboxylic acids is 1. The minimum Gasteiger partial charge on any atom is -0.481 e. The molecule has 4 heteroatoms. The zero-order chi connectivity index (χ0) is 11.8. The Morgan fingerprint density at radius 3 is 2.27 bits per heavy atom. The van der Waals surface area contributed by atoms with E-state index in [4.69, 9.17) is 5.11 Å². The largest absolute Gasteiger partial charge is 0.481 e. The average Bonchev–Trinajstić information content (AvgIpc) is 2.13. The number of hydrogen-bond acceptors (Lipinski definition) is 3. The highest BCUT2D eigenvalue weighted by Crippen LogP contribution is 2.07. The third kappa shape index (κ3) is 7.33. The van der Waals surface area contributed by atoms with Crippen molar-refractivity contribution in [2.45, 2.75) is 32.2 Å². The summed E-state index contributed by atoms with van der Waals surface area (Å²) in [5.41, 5.74) is 0. The summed E-state index contributed by atoms with van der Waals surface area (Å²) in [6.45, 7) is 4.05. The Labute approximate surface area is 92.9 Å². The van der Waals surface area contributed by atoms with Crippen LogP contribution in [0.3, 0.4) is 0 Å². The van der Waals surface area contributed by atoms with Crippen LogP contribution in [0.15, 0.2) is 0 Å². The Morgan fingerprint density at radius 1 is 1.27 bits per heavy atom. The summed E-state index contributed by atoms with van der Waals surface area (Å²) in [6.07, 6.45) is 2.22. The van der Waals surface area contributed by atoms with E-state index in [9.17, 15) is 4.79 Å². The van der Waals surface area contributed by atoms with Gasteiger partial charge in [-0.3, -0.25) is 4.79 Å². The molecule has 0 aromatic carbocycles. The molecule has 0 aliphatic rings. The van der Waals surface area contributed by atoms with Crippen LogP contribution < -0.4 is 0 Å². The molecule has 15 heavy (non-hydrogen) atoms. The molecule has 4 nitrogen and oxygen atoms in total. The molecule has 1 atom stereocenters. The number of nitrogens with zero attached hydrogens (tertiary/aromatic N) is 2. The van der Waals surface area contributed by atoms with Gasteiger partial charge in [0.15, 0.2) is 0 Å². The molecule has 0 heterocycles. The van der Waals surface area contributed by atoms with Gasteiger partial charge in [0, 0.05) is 6.04 Å². The summed E-state index contributed by atoms with van der Waals surface area (Å²) < 4.78 is 0. The Bertz CT molecular complexity index is 183. The summed E-state index contributed by atoms with van der Waals surface area (Å²) in [4.78, 5) is 14.9. The fraction of sp³-hybridized carbons (Fsp3) is 0.909. The lowest BCUT2D eigenvalue weighted by molar-refractivity contribution is -0.138. The van der Waals surface area contributed by atoms with Crippen molar-refractivity contribution < 1.29 is 9.90 Å². The number of carboxylic acids is 1. The lowest BCUT2D eigenvalue weighted by Crippen LogP contribution is -2.35. The molecule has 1 unspecified atom stereocenters. The van der Waals surface area contributed by atoms with Crippen LogP contribution in [-0.4, -0.2) is 61.2 Å². The third-order valence-electron chi connectivity index (χ3n) is 2.62. The second-order valence-corrected chi connectivity index (χ2v) is 4.30. The molecular formula is C11H24N2O2. The van der Waals surface area contributed by atoms with Crippen molar-refractivity contribution in [3.05, 3.63) is 0 Å². The van der Waals surface area contributed by atoms with E-state index in [-0.39, 0.29) is 12.5 Å². The second-order valence-electron chi connectivity index (χ2n) is 4.30. The lowest BCUT2D eigenvalue weighted by Gasteiger charge is -2.26. The summed E-state index contributed by atoms with van der Waals surface area (Å²) in [6, 6.07) is 0.171. The van der Waals surface area contributed by atoms with Gasteiger partial charge in [0.05, 0.1) is 6.42 Å². The highest BCUT2D eigenvalue weighted by molar-refractivity contribution is 5.67. The molecule has 0 saturated heterocycles. The minimum absolute atomic E-state index is 0.171. The van der Waals surface area contributed by atoms with Gasteiger partial charge < -0.3 is 14.9 Å². The van der Waals surface area contributed by atoms with Crippen molar-refractivity contribution in [1.29, 1.82) is 0 Å². The molecule has 1 N–H and O–H groups in total. The van der Waals surface area contributed by atoms with Crippen LogP contribution >= 0.6 is 0 Å². The number of carboxylic acid groups (broad SMARTS) is 1. The van der Waals surface area contributed by atoms with E-state index in [1.54, 1.807) is 0 Å². The van der Waals surface area contributed by atoms with Crippen molar-refractivity contribution in [2.75, 3.05) is 34.2 Å². The zero-order valence-corrected chi connectivity index (χ0v) is 10.4. The Balaban J connectivity index is 3.82. The van der Waals surface area contributed by atoms with Gasteiger partial charge in [-0.25, -0.2) is 0 Å². The van der Waals surface area contributed by atoms with Gasteiger partial charge in [-0.2, -0.15) is 0 Å². The molecule has 0 aromatic rings. The molecule has 0 amide bonds. The van der Waals surface area contributed by atoms with Crippen LogP contribution in [0, 0.1) is 0 Å². The van der Waals surface area contributed by atoms with Crippen molar-refractivity contribution in [3.63, 3.8) is 0 Å². The second kappa shape index (κ2) is 7.65. The Kier molecular flexibility index (Phi) is 7.34.